The van der Waals surface area contributed by atoms with E-state index in [9.17, 15) is 0 Å². The van der Waals surface area contributed by atoms with Gasteiger partial charge in [-0.15, -0.1) is 0 Å². The van der Waals surface area contributed by atoms with E-state index in [1.54, 1.807) is 0 Å². The lowest BCUT2D eigenvalue weighted by Gasteiger charge is -2.26. The topological polar surface area (TPSA) is 9.72 Å². The van der Waals surface area contributed by atoms with Crippen LogP contribution >= 0.6 is 0 Å². The van der Waals surface area contributed by atoms with Gasteiger partial charge in [0.1, 0.15) is 0 Å². The number of nitrogens with zero attached hydrogens (tertiary/aromatic N) is 3. The summed E-state index contributed by atoms with van der Waals surface area (Å²) in [6.45, 7) is 15.2. The molecule has 1 heterocycles. The molecule has 3 heteroatoms. The first-order valence-corrected chi connectivity index (χ1v) is 7.94. The summed E-state index contributed by atoms with van der Waals surface area (Å²) in [5.74, 6) is 0.978. The molecule has 0 radical (unpaired) electrons. The minimum Gasteiger partial charge on any atom is -0.308 e. The molecule has 1 saturated heterocycles. The lowest BCUT2D eigenvalue weighted by atomic mass is 10.00. The molecular weight excluding hydrogens is 234 g/mol. The molecule has 19 heavy (non-hydrogen) atoms. The maximum absolute atomic E-state index is 2.47. The molecule has 3 nitrogen and oxygen atoms in total. The fourth-order valence-electron chi connectivity index (χ4n) is 2.25. The second kappa shape index (κ2) is 10.6. The molecule has 0 unspecified atom stereocenters. The fourth-order valence-corrected chi connectivity index (χ4v) is 2.25. The Morgan fingerprint density at radius 2 is 1.63 bits per heavy atom. The van der Waals surface area contributed by atoms with E-state index < -0.39 is 0 Å². The van der Waals surface area contributed by atoms with E-state index in [0.29, 0.717) is 6.04 Å². The third kappa shape index (κ3) is 10.3. The average Bonchev–Trinajstić information content (AvgIpc) is 2.34. The van der Waals surface area contributed by atoms with Crippen molar-refractivity contribution >= 4 is 0 Å². The van der Waals surface area contributed by atoms with Crippen LogP contribution in [0.25, 0.3) is 0 Å². The molecule has 0 bridgehead atoms. The largest absolute Gasteiger partial charge is 0.308 e. The Balaban J connectivity index is 0.000000356. The summed E-state index contributed by atoms with van der Waals surface area (Å²) < 4.78 is 0. The van der Waals surface area contributed by atoms with Gasteiger partial charge in [-0.3, -0.25) is 4.90 Å². The van der Waals surface area contributed by atoms with E-state index in [0.717, 1.165) is 19.0 Å². The van der Waals surface area contributed by atoms with Crippen LogP contribution in [0.1, 0.15) is 40.5 Å². The minimum atomic E-state index is 0.681. The summed E-state index contributed by atoms with van der Waals surface area (Å²) in [6, 6.07) is 0.681. The molecule has 116 valence electrons. The summed E-state index contributed by atoms with van der Waals surface area (Å²) >= 11 is 0. The first-order valence-electron chi connectivity index (χ1n) is 7.94. The highest BCUT2D eigenvalue weighted by molar-refractivity contribution is 4.65. The summed E-state index contributed by atoms with van der Waals surface area (Å²) in [7, 11) is 6.44. The van der Waals surface area contributed by atoms with Crippen molar-refractivity contribution in [3.63, 3.8) is 0 Å². The van der Waals surface area contributed by atoms with Crippen LogP contribution < -0.4 is 0 Å². The first-order chi connectivity index (χ1) is 8.86. The molecule has 1 aliphatic rings. The SMILES string of the molecule is CC1CCN(C)CC1.CCN(CCN(C)C)C(C)C. The van der Waals surface area contributed by atoms with Crippen LogP contribution in [-0.4, -0.2) is 74.6 Å². The molecular formula is C16H37N3. The van der Waals surface area contributed by atoms with Gasteiger partial charge in [-0.25, -0.2) is 0 Å². The van der Waals surface area contributed by atoms with E-state index in [-0.39, 0.29) is 0 Å². The van der Waals surface area contributed by atoms with Crippen LogP contribution in [0.5, 0.6) is 0 Å². The molecule has 0 saturated carbocycles. The molecule has 1 aliphatic heterocycles. The van der Waals surface area contributed by atoms with Gasteiger partial charge >= 0.3 is 0 Å². The molecule has 0 atom stereocenters. The number of likely N-dealkylation sites (tertiary alicyclic amines) is 1. The van der Waals surface area contributed by atoms with Gasteiger partial charge in [-0.1, -0.05) is 13.8 Å². The van der Waals surface area contributed by atoms with Gasteiger partial charge in [0, 0.05) is 19.1 Å². The van der Waals surface area contributed by atoms with Crippen molar-refractivity contribution in [1.29, 1.82) is 0 Å². The van der Waals surface area contributed by atoms with Crippen LogP contribution in [-0.2, 0) is 0 Å². The van der Waals surface area contributed by atoms with Crippen molar-refractivity contribution < 1.29 is 0 Å². The summed E-state index contributed by atoms with van der Waals surface area (Å²) in [5.41, 5.74) is 0. The van der Waals surface area contributed by atoms with Crippen molar-refractivity contribution in [1.82, 2.24) is 14.7 Å². The van der Waals surface area contributed by atoms with E-state index >= 15 is 0 Å². The van der Waals surface area contributed by atoms with Gasteiger partial charge in [-0.05, 0) is 73.4 Å². The number of piperidine rings is 1. The molecule has 1 fully saturated rings. The van der Waals surface area contributed by atoms with Gasteiger partial charge in [0.05, 0.1) is 0 Å². The average molecular weight is 271 g/mol. The fraction of sp³-hybridized carbons (Fsp3) is 1.00. The zero-order valence-electron chi connectivity index (χ0n) is 14.4. The van der Waals surface area contributed by atoms with Crippen LogP contribution in [0.4, 0.5) is 0 Å². The lowest BCUT2D eigenvalue weighted by molar-refractivity contribution is 0.209. The third-order valence-corrected chi connectivity index (χ3v) is 3.98. The Hall–Kier alpha value is -0.120. The van der Waals surface area contributed by atoms with E-state index in [1.165, 1.54) is 32.5 Å². The molecule has 0 N–H and O–H groups in total. The molecule has 0 aromatic carbocycles. The van der Waals surface area contributed by atoms with Gasteiger partial charge in [0.25, 0.3) is 0 Å². The second-order valence-corrected chi connectivity index (χ2v) is 6.51. The zero-order chi connectivity index (χ0) is 14.8. The Morgan fingerprint density at radius 3 is 1.95 bits per heavy atom. The van der Waals surface area contributed by atoms with Crippen LogP contribution in [0.15, 0.2) is 0 Å². The van der Waals surface area contributed by atoms with E-state index in [2.05, 4.69) is 63.5 Å². The normalized spacial score (nSPS) is 18.0. The molecule has 0 aliphatic carbocycles. The Morgan fingerprint density at radius 1 is 1.11 bits per heavy atom. The smallest absolute Gasteiger partial charge is 0.0112 e. The summed E-state index contributed by atoms with van der Waals surface area (Å²) in [5, 5.41) is 0. The minimum absolute atomic E-state index is 0.681. The number of rotatable bonds is 5. The predicted octanol–water partition coefficient (Wildman–Crippen LogP) is 2.63. The third-order valence-electron chi connectivity index (χ3n) is 3.98. The molecule has 0 aromatic rings. The van der Waals surface area contributed by atoms with Gasteiger partial charge in [0.2, 0.25) is 0 Å². The van der Waals surface area contributed by atoms with E-state index in [1.807, 2.05) is 0 Å². The van der Waals surface area contributed by atoms with Crippen molar-refractivity contribution in [3.05, 3.63) is 0 Å². The summed E-state index contributed by atoms with van der Waals surface area (Å²) in [6.07, 6.45) is 2.80. The standard InChI is InChI=1S/C9H22N2.C7H15N/c1-6-11(9(2)3)8-7-10(4)5;1-7-3-5-8(2)6-4-7/h9H,6-8H2,1-5H3;7H,3-6H2,1-2H3. The summed E-state index contributed by atoms with van der Waals surface area (Å²) in [4.78, 5) is 7.10. The predicted molar refractivity (Wildman–Crippen MR) is 86.8 cm³/mol. The highest BCUT2D eigenvalue weighted by Gasteiger charge is 2.10. The van der Waals surface area contributed by atoms with Crippen molar-refractivity contribution in [2.75, 3.05) is 53.9 Å². The van der Waals surface area contributed by atoms with Crippen molar-refractivity contribution in [3.8, 4) is 0 Å². The number of likely N-dealkylation sites (N-methyl/N-ethyl adjacent to an activating group) is 2. The Labute approximate surface area is 121 Å². The van der Waals surface area contributed by atoms with Crippen LogP contribution in [0, 0.1) is 5.92 Å². The number of hydrogen-bond acceptors (Lipinski definition) is 3. The molecule has 1 rings (SSSR count). The molecule has 0 aromatic heterocycles. The second-order valence-electron chi connectivity index (χ2n) is 6.51. The zero-order valence-corrected chi connectivity index (χ0v) is 14.4. The Kier molecular flexibility index (Phi) is 10.6. The highest BCUT2D eigenvalue weighted by atomic mass is 15.2. The van der Waals surface area contributed by atoms with Gasteiger partial charge in [-0.2, -0.15) is 0 Å². The number of hydrogen-bond donors (Lipinski definition) is 0. The van der Waals surface area contributed by atoms with Gasteiger partial charge in [0.15, 0.2) is 0 Å². The maximum atomic E-state index is 2.47. The van der Waals surface area contributed by atoms with Gasteiger partial charge < -0.3 is 9.80 Å². The molecule has 0 amide bonds. The van der Waals surface area contributed by atoms with Crippen molar-refractivity contribution in [2.45, 2.75) is 46.6 Å². The van der Waals surface area contributed by atoms with Crippen molar-refractivity contribution in [2.24, 2.45) is 5.92 Å². The highest BCUT2D eigenvalue weighted by Crippen LogP contribution is 2.13. The molecule has 0 spiro atoms. The monoisotopic (exact) mass is 271 g/mol. The Bertz CT molecular complexity index is 186. The first kappa shape index (κ1) is 18.9. The van der Waals surface area contributed by atoms with E-state index in [4.69, 9.17) is 0 Å². The quantitative estimate of drug-likeness (QED) is 0.761. The maximum Gasteiger partial charge on any atom is 0.0112 e. The van der Waals surface area contributed by atoms with Crippen LogP contribution in [0.2, 0.25) is 0 Å². The van der Waals surface area contributed by atoms with Crippen LogP contribution in [0.3, 0.4) is 0 Å². The lowest BCUT2D eigenvalue weighted by Crippen LogP contribution is -2.36.